The maximum absolute atomic E-state index is 13.3. The number of nitrogens with zero attached hydrogens (tertiary/aromatic N) is 1. The average Bonchev–Trinajstić information content (AvgIpc) is 2.72. The highest BCUT2D eigenvalue weighted by atomic mass is 32.2. The predicted octanol–water partition coefficient (Wildman–Crippen LogP) is 3.70. The smallest absolute Gasteiger partial charge is 0.307 e. The van der Waals surface area contributed by atoms with Crippen LogP contribution in [0.1, 0.15) is 50.3 Å². The second kappa shape index (κ2) is 10.4. The Morgan fingerprint density at radius 2 is 1.87 bits per heavy atom. The van der Waals surface area contributed by atoms with E-state index in [0.29, 0.717) is 0 Å². The van der Waals surface area contributed by atoms with Crippen LogP contribution in [0, 0.1) is 10.1 Å². The van der Waals surface area contributed by atoms with Crippen LogP contribution < -0.4 is 9.46 Å². The van der Waals surface area contributed by atoms with Crippen molar-refractivity contribution in [2.75, 3.05) is 13.7 Å². The lowest BCUT2D eigenvalue weighted by Gasteiger charge is -2.20. The molecular formula is C21H26N2O7S. The zero-order valence-corrected chi connectivity index (χ0v) is 18.6. The molecular weight excluding hydrogens is 424 g/mol. The molecule has 1 N–H and O–H groups in total. The first-order chi connectivity index (χ1) is 14.6. The first-order valence-electron chi connectivity index (χ1n) is 9.69. The summed E-state index contributed by atoms with van der Waals surface area (Å²) in [7, 11) is -2.79. The molecule has 0 aliphatic rings. The molecule has 0 bridgehead atoms. The molecule has 168 valence electrons. The normalized spacial score (nSPS) is 12.4. The molecule has 31 heavy (non-hydrogen) atoms. The van der Waals surface area contributed by atoms with Crippen molar-refractivity contribution >= 4 is 21.7 Å². The Labute approximate surface area is 181 Å². The zero-order chi connectivity index (χ0) is 23.2. The van der Waals surface area contributed by atoms with E-state index in [9.17, 15) is 23.3 Å². The molecule has 2 rings (SSSR count). The van der Waals surface area contributed by atoms with E-state index < -0.39 is 27.0 Å². The lowest BCUT2D eigenvalue weighted by molar-refractivity contribution is -0.384. The fourth-order valence-electron chi connectivity index (χ4n) is 2.98. The number of carbonyl (C=O) groups excluding carboxylic acids is 1. The number of methoxy groups -OCH3 is 1. The van der Waals surface area contributed by atoms with Crippen LogP contribution in [-0.2, 0) is 19.6 Å². The summed E-state index contributed by atoms with van der Waals surface area (Å²) in [5.74, 6) is -0.414. The number of benzene rings is 2. The molecule has 0 radical (unpaired) electrons. The van der Waals surface area contributed by atoms with Crippen LogP contribution in [0.5, 0.6) is 5.75 Å². The van der Waals surface area contributed by atoms with Crippen molar-refractivity contribution in [2.45, 2.75) is 44.0 Å². The molecule has 0 amide bonds. The third-order valence-electron chi connectivity index (χ3n) is 4.60. The van der Waals surface area contributed by atoms with Gasteiger partial charge in [0.1, 0.15) is 10.6 Å². The van der Waals surface area contributed by atoms with Gasteiger partial charge in [0.15, 0.2) is 0 Å². The van der Waals surface area contributed by atoms with Crippen molar-refractivity contribution in [1.82, 2.24) is 4.72 Å². The van der Waals surface area contributed by atoms with Crippen LogP contribution in [0.3, 0.4) is 0 Å². The number of nitro benzene ring substituents is 1. The Bertz CT molecular complexity index is 1050. The van der Waals surface area contributed by atoms with Crippen LogP contribution in [0.25, 0.3) is 0 Å². The Morgan fingerprint density at radius 1 is 1.16 bits per heavy atom. The Morgan fingerprint density at radius 3 is 2.45 bits per heavy atom. The third-order valence-corrected chi connectivity index (χ3v) is 6.09. The number of ether oxygens (including phenoxy) is 2. The summed E-state index contributed by atoms with van der Waals surface area (Å²) < 4.78 is 39.2. The van der Waals surface area contributed by atoms with E-state index in [1.165, 1.54) is 37.4 Å². The molecule has 2 aromatic carbocycles. The molecule has 0 aromatic heterocycles. The molecule has 2 aromatic rings. The van der Waals surface area contributed by atoms with Gasteiger partial charge in [-0.05, 0) is 36.1 Å². The van der Waals surface area contributed by atoms with Crippen molar-refractivity contribution in [3.05, 3.63) is 63.7 Å². The van der Waals surface area contributed by atoms with E-state index in [-0.39, 0.29) is 40.8 Å². The van der Waals surface area contributed by atoms with Gasteiger partial charge in [0.25, 0.3) is 5.69 Å². The fraction of sp³-hybridized carbons (Fsp3) is 0.381. The van der Waals surface area contributed by atoms with Crippen molar-refractivity contribution in [3.8, 4) is 5.75 Å². The highest BCUT2D eigenvalue weighted by Gasteiger charge is 2.28. The number of sulfonamides is 1. The molecule has 0 saturated heterocycles. The summed E-state index contributed by atoms with van der Waals surface area (Å²) in [5.41, 5.74) is 0.841. The number of nitro groups is 1. The van der Waals surface area contributed by atoms with Gasteiger partial charge in [-0.25, -0.2) is 13.1 Å². The molecule has 0 spiro atoms. The maximum atomic E-state index is 13.3. The highest BCUT2D eigenvalue weighted by molar-refractivity contribution is 7.89. The van der Waals surface area contributed by atoms with E-state index in [2.05, 4.69) is 4.72 Å². The maximum Gasteiger partial charge on any atom is 0.307 e. The van der Waals surface area contributed by atoms with Crippen LogP contribution in [-0.4, -0.2) is 33.0 Å². The van der Waals surface area contributed by atoms with Crippen LogP contribution in [0.4, 0.5) is 5.69 Å². The minimum atomic E-state index is -4.15. The molecule has 10 heteroatoms. The number of non-ortho nitro benzene ring substituents is 1. The van der Waals surface area contributed by atoms with E-state index in [1.54, 1.807) is 19.1 Å². The van der Waals surface area contributed by atoms with Gasteiger partial charge in [0.05, 0.1) is 31.1 Å². The van der Waals surface area contributed by atoms with Gasteiger partial charge in [0.2, 0.25) is 10.0 Å². The number of hydrogen-bond donors (Lipinski definition) is 1. The van der Waals surface area contributed by atoms with Gasteiger partial charge >= 0.3 is 5.97 Å². The van der Waals surface area contributed by atoms with Crippen molar-refractivity contribution in [2.24, 2.45) is 0 Å². The van der Waals surface area contributed by atoms with Crippen molar-refractivity contribution in [1.29, 1.82) is 0 Å². The van der Waals surface area contributed by atoms with Crippen molar-refractivity contribution < 1.29 is 27.6 Å². The summed E-state index contributed by atoms with van der Waals surface area (Å²) in [6, 6.07) is 9.25. The number of hydrogen-bond acceptors (Lipinski definition) is 7. The molecule has 0 aliphatic heterocycles. The Balaban J connectivity index is 2.50. The summed E-state index contributed by atoms with van der Waals surface area (Å²) in [6.07, 6.45) is -0.333. The SMILES string of the molecule is CCOC(=O)CC(NS(=O)(=O)c1cc(C(C)C)ccc1OC)c1cccc([N+](=O)[O-])c1. The average molecular weight is 451 g/mol. The Hall–Kier alpha value is -2.98. The number of nitrogens with one attached hydrogen (secondary N) is 1. The molecule has 0 heterocycles. The van der Waals surface area contributed by atoms with Gasteiger partial charge in [-0.1, -0.05) is 32.0 Å². The third kappa shape index (κ3) is 6.25. The second-order valence-corrected chi connectivity index (χ2v) is 8.78. The van der Waals surface area contributed by atoms with Crippen LogP contribution in [0.15, 0.2) is 47.4 Å². The monoisotopic (exact) mass is 450 g/mol. The zero-order valence-electron chi connectivity index (χ0n) is 17.8. The summed E-state index contributed by atoms with van der Waals surface area (Å²) in [4.78, 5) is 22.6. The molecule has 1 unspecified atom stereocenters. The number of esters is 1. The predicted molar refractivity (Wildman–Crippen MR) is 114 cm³/mol. The first-order valence-corrected chi connectivity index (χ1v) is 11.2. The largest absolute Gasteiger partial charge is 0.495 e. The Kier molecular flexibility index (Phi) is 8.12. The van der Waals surface area contributed by atoms with Crippen LogP contribution >= 0.6 is 0 Å². The first kappa shape index (κ1) is 24.3. The molecule has 9 nitrogen and oxygen atoms in total. The van der Waals surface area contributed by atoms with Gasteiger partial charge in [-0.15, -0.1) is 0 Å². The molecule has 0 saturated carbocycles. The van der Waals surface area contributed by atoms with Gasteiger partial charge in [0, 0.05) is 12.1 Å². The number of rotatable bonds is 10. The summed E-state index contributed by atoms with van der Waals surface area (Å²) >= 11 is 0. The number of carbonyl (C=O) groups is 1. The topological polar surface area (TPSA) is 125 Å². The quantitative estimate of drug-likeness (QED) is 0.332. The van der Waals surface area contributed by atoms with Crippen molar-refractivity contribution in [3.63, 3.8) is 0 Å². The lowest BCUT2D eigenvalue weighted by Crippen LogP contribution is -2.31. The minimum Gasteiger partial charge on any atom is -0.495 e. The summed E-state index contributed by atoms with van der Waals surface area (Å²) in [5, 5.41) is 11.2. The second-order valence-electron chi connectivity index (χ2n) is 7.10. The minimum absolute atomic E-state index is 0.0759. The van der Waals surface area contributed by atoms with E-state index in [0.717, 1.165) is 5.56 Å². The van der Waals surface area contributed by atoms with Crippen LogP contribution in [0.2, 0.25) is 0 Å². The fourth-order valence-corrected chi connectivity index (χ4v) is 4.41. The molecule has 1 atom stereocenters. The summed E-state index contributed by atoms with van der Waals surface area (Å²) in [6.45, 7) is 5.61. The van der Waals surface area contributed by atoms with E-state index in [4.69, 9.17) is 9.47 Å². The van der Waals surface area contributed by atoms with Gasteiger partial charge < -0.3 is 9.47 Å². The van der Waals surface area contributed by atoms with Gasteiger partial charge in [-0.2, -0.15) is 0 Å². The standard InChI is InChI=1S/C21H26N2O7S/c1-5-30-21(24)13-18(16-7-6-8-17(11-16)23(25)26)22-31(27,28)20-12-15(14(2)3)9-10-19(20)29-4/h6-12,14,18,22H,5,13H2,1-4H3. The van der Waals surface area contributed by atoms with E-state index >= 15 is 0 Å². The van der Waals surface area contributed by atoms with Gasteiger partial charge in [-0.3, -0.25) is 14.9 Å². The van der Waals surface area contributed by atoms with E-state index in [1.807, 2.05) is 13.8 Å². The lowest BCUT2D eigenvalue weighted by atomic mass is 10.0. The highest BCUT2D eigenvalue weighted by Crippen LogP contribution is 2.30. The molecule has 0 fully saturated rings. The molecule has 0 aliphatic carbocycles.